The van der Waals surface area contributed by atoms with E-state index in [-0.39, 0.29) is 5.91 Å². The van der Waals surface area contributed by atoms with Crippen molar-refractivity contribution in [2.75, 3.05) is 25.0 Å². The van der Waals surface area contributed by atoms with Gasteiger partial charge in [-0.05, 0) is 75.4 Å². The van der Waals surface area contributed by atoms with Crippen molar-refractivity contribution in [3.63, 3.8) is 0 Å². The molecule has 5 rings (SSSR count). The first kappa shape index (κ1) is 18.2. The lowest BCUT2D eigenvalue weighted by atomic mass is 9.94. The first-order valence-corrected chi connectivity index (χ1v) is 10.7. The number of benzene rings is 1. The third-order valence-electron chi connectivity index (χ3n) is 6.37. The van der Waals surface area contributed by atoms with Crippen LogP contribution in [0.4, 0.5) is 5.69 Å². The number of aryl methyl sites for hydroxylation is 1. The third kappa shape index (κ3) is 3.38. The second kappa shape index (κ2) is 7.53. The van der Waals surface area contributed by atoms with Gasteiger partial charge >= 0.3 is 0 Å². The van der Waals surface area contributed by atoms with Crippen molar-refractivity contribution in [1.29, 1.82) is 5.26 Å². The normalized spacial score (nSPS) is 19.8. The van der Waals surface area contributed by atoms with Gasteiger partial charge in [0.25, 0.3) is 5.91 Å². The van der Waals surface area contributed by atoms with Gasteiger partial charge in [0.05, 0.1) is 5.57 Å². The molecule has 1 aliphatic carbocycles. The molecule has 3 aliphatic rings. The summed E-state index contributed by atoms with van der Waals surface area (Å²) in [4.78, 5) is 15.1. The van der Waals surface area contributed by atoms with Crippen molar-refractivity contribution in [1.82, 2.24) is 4.90 Å². The molecule has 29 heavy (non-hydrogen) atoms. The number of carbonyl (C=O) groups excluding carboxylic acids is 1. The molecule has 1 saturated heterocycles. The highest BCUT2D eigenvalue weighted by Crippen LogP contribution is 2.37. The molecule has 1 amide bonds. The summed E-state index contributed by atoms with van der Waals surface area (Å²) in [6.07, 6.45) is 9.26. The van der Waals surface area contributed by atoms with E-state index in [1.54, 1.807) is 6.08 Å². The van der Waals surface area contributed by atoms with E-state index in [4.69, 9.17) is 4.42 Å². The van der Waals surface area contributed by atoms with Crippen molar-refractivity contribution in [3.05, 3.63) is 52.0 Å². The van der Waals surface area contributed by atoms with Crippen LogP contribution in [0.2, 0.25) is 0 Å². The molecule has 0 radical (unpaired) electrons. The maximum Gasteiger partial charge on any atom is 0.256 e. The summed E-state index contributed by atoms with van der Waals surface area (Å²) in [5.41, 5.74) is 5.19. The molecule has 0 unspecified atom stereocenters. The molecule has 0 saturated carbocycles. The zero-order valence-corrected chi connectivity index (χ0v) is 16.6. The predicted molar refractivity (Wildman–Crippen MR) is 112 cm³/mol. The van der Waals surface area contributed by atoms with E-state index < -0.39 is 0 Å². The third-order valence-corrected chi connectivity index (χ3v) is 6.37. The Bertz CT molecular complexity index is 1040. The van der Waals surface area contributed by atoms with Gasteiger partial charge in [0.15, 0.2) is 0 Å². The molecule has 2 aliphatic heterocycles. The summed E-state index contributed by atoms with van der Waals surface area (Å²) in [6, 6.07) is 8.51. The minimum atomic E-state index is -0.130. The van der Waals surface area contributed by atoms with Gasteiger partial charge in [-0.2, -0.15) is 5.26 Å². The van der Waals surface area contributed by atoms with Gasteiger partial charge in [-0.15, -0.1) is 0 Å². The van der Waals surface area contributed by atoms with Crippen molar-refractivity contribution in [2.45, 2.75) is 44.9 Å². The number of furan rings is 1. The molecule has 0 spiro atoms. The summed E-state index contributed by atoms with van der Waals surface area (Å²) >= 11 is 0. The van der Waals surface area contributed by atoms with E-state index in [0.717, 1.165) is 61.2 Å². The fourth-order valence-corrected chi connectivity index (χ4v) is 4.77. The molecule has 3 heterocycles. The van der Waals surface area contributed by atoms with Crippen LogP contribution in [0.1, 0.15) is 59.5 Å². The van der Waals surface area contributed by atoms with Gasteiger partial charge in [-0.3, -0.25) is 4.79 Å². The maximum atomic E-state index is 12.6. The Balaban J connectivity index is 1.46. The summed E-state index contributed by atoms with van der Waals surface area (Å²) in [5, 5.41) is 12.6. The van der Waals surface area contributed by atoms with E-state index in [1.165, 1.54) is 31.5 Å². The lowest BCUT2D eigenvalue weighted by Gasteiger charge is -2.14. The zero-order valence-electron chi connectivity index (χ0n) is 16.6. The molecule has 1 aromatic carbocycles. The van der Waals surface area contributed by atoms with Crippen LogP contribution in [0.25, 0.3) is 11.6 Å². The highest BCUT2D eigenvalue weighted by Gasteiger charge is 2.27. The van der Waals surface area contributed by atoms with Gasteiger partial charge in [0.2, 0.25) is 0 Å². The molecule has 1 aromatic heterocycles. The summed E-state index contributed by atoms with van der Waals surface area (Å²) in [7, 11) is 0. The van der Waals surface area contributed by atoms with Crippen molar-refractivity contribution in [3.8, 4) is 6.07 Å². The number of hydrogen-bond acceptors (Lipinski definition) is 4. The first-order chi connectivity index (χ1) is 14.2. The van der Waals surface area contributed by atoms with Crippen LogP contribution in [-0.4, -0.2) is 30.4 Å². The molecular weight excluding hydrogens is 362 g/mol. The van der Waals surface area contributed by atoms with Crippen LogP contribution in [0, 0.1) is 11.3 Å². The van der Waals surface area contributed by atoms with Crippen LogP contribution >= 0.6 is 0 Å². The highest BCUT2D eigenvalue weighted by atomic mass is 16.3. The standard InChI is InChI=1S/C24H25N3O2/c25-15-20-17-5-1-2-6-22(17)29-23(20)14-19-18-13-16(7-8-21(18)26-24(19)28)9-12-27-10-3-4-11-27/h7-8,13-14H,1-6,9-12H2,(H,26,28). The molecule has 1 fully saturated rings. The van der Waals surface area contributed by atoms with E-state index in [1.807, 2.05) is 6.07 Å². The number of nitriles is 1. The second-order valence-corrected chi connectivity index (χ2v) is 8.25. The zero-order chi connectivity index (χ0) is 19.8. The second-order valence-electron chi connectivity index (χ2n) is 8.25. The number of nitrogens with zero attached hydrogens (tertiary/aromatic N) is 2. The monoisotopic (exact) mass is 387 g/mol. The van der Waals surface area contributed by atoms with Crippen LogP contribution in [0.3, 0.4) is 0 Å². The van der Waals surface area contributed by atoms with E-state index in [0.29, 0.717) is 16.9 Å². The number of anilines is 1. The molecule has 5 heteroatoms. The van der Waals surface area contributed by atoms with Crippen molar-refractivity contribution in [2.24, 2.45) is 0 Å². The molecule has 0 atom stereocenters. The van der Waals surface area contributed by atoms with Crippen LogP contribution in [0.15, 0.2) is 22.6 Å². The Hall–Kier alpha value is -2.84. The van der Waals surface area contributed by atoms with Crippen LogP contribution in [0.5, 0.6) is 0 Å². The van der Waals surface area contributed by atoms with Crippen molar-refractivity contribution < 1.29 is 9.21 Å². The SMILES string of the molecule is N#Cc1c(C=C2C(=O)Nc3ccc(CCN4CCCC4)cc32)oc2c1CCCC2. The topological polar surface area (TPSA) is 69.3 Å². The Morgan fingerprint density at radius 2 is 2.00 bits per heavy atom. The lowest BCUT2D eigenvalue weighted by molar-refractivity contribution is -0.110. The number of likely N-dealkylation sites (tertiary alicyclic amines) is 1. The molecule has 2 aromatic rings. The Kier molecular flexibility index (Phi) is 4.73. The Morgan fingerprint density at radius 3 is 2.83 bits per heavy atom. The molecule has 0 bridgehead atoms. The summed E-state index contributed by atoms with van der Waals surface area (Å²) < 4.78 is 6.01. The maximum absolute atomic E-state index is 12.6. The van der Waals surface area contributed by atoms with Gasteiger partial charge < -0.3 is 14.6 Å². The van der Waals surface area contributed by atoms with E-state index in [2.05, 4.69) is 28.4 Å². The Labute approximate surface area is 171 Å². The quantitative estimate of drug-likeness (QED) is 0.800. The molecular formula is C24H25N3O2. The summed E-state index contributed by atoms with van der Waals surface area (Å²) in [6.45, 7) is 3.44. The first-order valence-electron chi connectivity index (χ1n) is 10.7. The number of amides is 1. The number of rotatable bonds is 4. The van der Waals surface area contributed by atoms with Gasteiger partial charge in [-0.1, -0.05) is 6.07 Å². The van der Waals surface area contributed by atoms with E-state index in [9.17, 15) is 10.1 Å². The molecule has 148 valence electrons. The average Bonchev–Trinajstić information content (AvgIpc) is 3.44. The number of fused-ring (bicyclic) bond motifs is 2. The van der Waals surface area contributed by atoms with Crippen LogP contribution in [-0.2, 0) is 24.1 Å². The predicted octanol–water partition coefficient (Wildman–Crippen LogP) is 4.16. The molecule has 5 nitrogen and oxygen atoms in total. The van der Waals surface area contributed by atoms with Gasteiger partial charge in [0.1, 0.15) is 23.2 Å². The van der Waals surface area contributed by atoms with Gasteiger partial charge in [-0.25, -0.2) is 0 Å². The highest BCUT2D eigenvalue weighted by molar-refractivity contribution is 6.34. The van der Waals surface area contributed by atoms with E-state index >= 15 is 0 Å². The average molecular weight is 387 g/mol. The van der Waals surface area contributed by atoms with Gasteiger partial charge in [0, 0.05) is 29.8 Å². The fourth-order valence-electron chi connectivity index (χ4n) is 4.77. The number of carbonyl (C=O) groups is 1. The fraction of sp³-hybridized carbons (Fsp3) is 0.417. The minimum absolute atomic E-state index is 0.130. The lowest BCUT2D eigenvalue weighted by Crippen LogP contribution is -2.21. The Morgan fingerprint density at radius 1 is 1.17 bits per heavy atom. The summed E-state index contributed by atoms with van der Waals surface area (Å²) in [5.74, 6) is 1.31. The largest absolute Gasteiger partial charge is 0.460 e. The minimum Gasteiger partial charge on any atom is -0.460 e. The molecule has 1 N–H and O–H groups in total. The number of hydrogen-bond donors (Lipinski definition) is 1. The number of nitrogens with one attached hydrogen (secondary N) is 1. The van der Waals surface area contributed by atoms with Crippen LogP contribution < -0.4 is 5.32 Å². The van der Waals surface area contributed by atoms with Crippen molar-refractivity contribution >= 4 is 23.2 Å². The smallest absolute Gasteiger partial charge is 0.256 e.